The first-order valence-electron chi connectivity index (χ1n) is 15.5. The molecule has 0 aliphatic rings. The molecule has 0 aromatic carbocycles. The van der Waals surface area contributed by atoms with E-state index in [0.717, 1.165) is 64.2 Å². The number of aliphatic hydroxyl groups is 2. The summed E-state index contributed by atoms with van der Waals surface area (Å²) in [6.45, 7) is 4.38. The van der Waals surface area contributed by atoms with Crippen LogP contribution in [0.1, 0.15) is 149 Å². The van der Waals surface area contributed by atoms with Gasteiger partial charge >= 0.3 is 0 Å². The molecule has 0 radical (unpaired) electrons. The monoisotopic (exact) mass is 561 g/mol. The Labute approximate surface area is 234 Å². The molecule has 0 saturated heterocycles. The van der Waals surface area contributed by atoms with Crippen molar-refractivity contribution in [1.29, 1.82) is 0 Å². The maximum Gasteiger partial charge on any atom is 0.266 e. The van der Waals surface area contributed by atoms with Crippen molar-refractivity contribution < 1.29 is 28.0 Å². The van der Waals surface area contributed by atoms with Crippen LogP contribution in [0, 0.1) is 0 Å². The summed E-state index contributed by atoms with van der Waals surface area (Å²) in [4.78, 5) is 12.4. The van der Waals surface area contributed by atoms with Gasteiger partial charge in [0.2, 0.25) is 5.91 Å². The molecular formula is C30H59NO6S. The fourth-order valence-corrected chi connectivity index (χ4v) is 5.39. The van der Waals surface area contributed by atoms with Crippen LogP contribution in [0.5, 0.6) is 0 Å². The summed E-state index contributed by atoms with van der Waals surface area (Å²) in [5.74, 6) is -1.47. The van der Waals surface area contributed by atoms with Gasteiger partial charge < -0.3 is 15.5 Å². The second-order valence-corrected chi connectivity index (χ2v) is 12.4. The molecule has 8 heteroatoms. The van der Waals surface area contributed by atoms with Gasteiger partial charge in [0, 0.05) is 0 Å². The molecule has 0 aromatic rings. The Kier molecular flexibility index (Phi) is 24.4. The van der Waals surface area contributed by atoms with Gasteiger partial charge in [-0.2, -0.15) is 8.42 Å². The molecule has 226 valence electrons. The summed E-state index contributed by atoms with van der Waals surface area (Å²) in [5.41, 5.74) is 0. The number of hydrogen-bond donors (Lipinski definition) is 4. The Morgan fingerprint density at radius 2 is 1.11 bits per heavy atom. The van der Waals surface area contributed by atoms with Gasteiger partial charge in [-0.1, -0.05) is 122 Å². The summed E-state index contributed by atoms with van der Waals surface area (Å²) in [6.07, 6.45) is 24.1. The average molecular weight is 562 g/mol. The third-order valence-corrected chi connectivity index (χ3v) is 7.86. The predicted molar refractivity (Wildman–Crippen MR) is 158 cm³/mol. The minimum atomic E-state index is -4.39. The molecular weight excluding hydrogens is 502 g/mol. The van der Waals surface area contributed by atoms with Gasteiger partial charge in [0.1, 0.15) is 6.10 Å². The van der Waals surface area contributed by atoms with Gasteiger partial charge in [-0.05, 0) is 38.5 Å². The number of unbranched alkanes of at least 4 members (excludes halogenated alkanes) is 16. The van der Waals surface area contributed by atoms with Crippen molar-refractivity contribution in [3.8, 4) is 0 Å². The third-order valence-electron chi connectivity index (χ3n) is 7.08. The molecule has 0 heterocycles. The molecule has 0 rings (SSSR count). The molecule has 0 spiro atoms. The molecule has 4 N–H and O–H groups in total. The Bertz CT molecular complexity index is 682. The van der Waals surface area contributed by atoms with Crippen molar-refractivity contribution in [1.82, 2.24) is 5.32 Å². The summed E-state index contributed by atoms with van der Waals surface area (Å²) in [5, 5.41) is 23.1. The lowest BCUT2D eigenvalue weighted by atomic mass is 10.0. The van der Waals surface area contributed by atoms with Crippen LogP contribution in [0.15, 0.2) is 12.2 Å². The number of carbonyl (C=O) groups excluding carboxylic acids is 1. The van der Waals surface area contributed by atoms with Crippen LogP contribution in [0.4, 0.5) is 0 Å². The molecule has 0 fully saturated rings. The number of aliphatic hydroxyl groups excluding tert-OH is 2. The average Bonchev–Trinajstić information content (AvgIpc) is 2.86. The molecule has 0 aliphatic heterocycles. The smallest absolute Gasteiger partial charge is 0.266 e. The molecule has 0 bridgehead atoms. The zero-order valence-corrected chi connectivity index (χ0v) is 25.2. The maximum absolute atomic E-state index is 12.4. The van der Waals surface area contributed by atoms with Crippen molar-refractivity contribution >= 4 is 16.0 Å². The Morgan fingerprint density at radius 1 is 0.684 bits per heavy atom. The standard InChI is InChI=1S/C30H59NO6S/c1-3-5-7-9-11-12-13-14-15-16-17-18-19-21-23-25-29(33)30(34)31-27(26-38(35,36)37)28(32)24-22-20-10-8-6-4-2/h15-16,27-29,32-33H,3-14,17-26H2,1-2H3,(H,31,34)(H,35,36,37)/b16-15-. The second-order valence-electron chi connectivity index (χ2n) is 10.9. The fourth-order valence-electron chi connectivity index (χ4n) is 4.63. The maximum atomic E-state index is 12.4. The predicted octanol–water partition coefficient (Wildman–Crippen LogP) is 6.87. The van der Waals surface area contributed by atoms with E-state index in [9.17, 15) is 28.0 Å². The van der Waals surface area contributed by atoms with Crippen LogP contribution in [-0.4, -0.2) is 53.1 Å². The highest BCUT2D eigenvalue weighted by Crippen LogP contribution is 2.13. The topological polar surface area (TPSA) is 124 Å². The van der Waals surface area contributed by atoms with Crippen LogP contribution >= 0.6 is 0 Å². The summed E-state index contributed by atoms with van der Waals surface area (Å²) >= 11 is 0. The van der Waals surface area contributed by atoms with E-state index >= 15 is 0 Å². The van der Waals surface area contributed by atoms with Gasteiger partial charge in [-0.15, -0.1) is 0 Å². The normalized spacial score (nSPS) is 14.6. The minimum Gasteiger partial charge on any atom is -0.391 e. The number of rotatable bonds is 27. The van der Waals surface area contributed by atoms with E-state index < -0.39 is 40.0 Å². The van der Waals surface area contributed by atoms with Crippen molar-refractivity contribution in [2.75, 3.05) is 5.75 Å². The molecule has 38 heavy (non-hydrogen) atoms. The van der Waals surface area contributed by atoms with E-state index in [1.165, 1.54) is 44.9 Å². The fraction of sp³-hybridized carbons (Fsp3) is 0.900. The van der Waals surface area contributed by atoms with Crippen molar-refractivity contribution in [3.05, 3.63) is 12.2 Å². The number of allylic oxidation sites excluding steroid dienone is 2. The first kappa shape index (κ1) is 37.0. The van der Waals surface area contributed by atoms with E-state index in [0.29, 0.717) is 19.3 Å². The van der Waals surface area contributed by atoms with Gasteiger partial charge in [-0.25, -0.2) is 0 Å². The third kappa shape index (κ3) is 24.1. The molecule has 3 atom stereocenters. The van der Waals surface area contributed by atoms with Gasteiger partial charge in [0.15, 0.2) is 0 Å². The minimum absolute atomic E-state index is 0.284. The lowest BCUT2D eigenvalue weighted by Crippen LogP contribution is -2.50. The van der Waals surface area contributed by atoms with Crippen molar-refractivity contribution in [3.63, 3.8) is 0 Å². The second kappa shape index (κ2) is 25.0. The highest BCUT2D eigenvalue weighted by Gasteiger charge is 2.28. The highest BCUT2D eigenvalue weighted by molar-refractivity contribution is 7.85. The van der Waals surface area contributed by atoms with Crippen LogP contribution in [0.25, 0.3) is 0 Å². The van der Waals surface area contributed by atoms with Gasteiger partial charge in [-0.3, -0.25) is 9.35 Å². The number of hydrogen-bond acceptors (Lipinski definition) is 5. The van der Waals surface area contributed by atoms with Crippen LogP contribution in [0.2, 0.25) is 0 Å². The van der Waals surface area contributed by atoms with E-state index in [4.69, 9.17) is 0 Å². The molecule has 1 amide bonds. The Morgan fingerprint density at radius 3 is 1.58 bits per heavy atom. The molecule has 0 aliphatic carbocycles. The largest absolute Gasteiger partial charge is 0.391 e. The first-order chi connectivity index (χ1) is 18.2. The van der Waals surface area contributed by atoms with Crippen LogP contribution in [-0.2, 0) is 14.9 Å². The SMILES string of the molecule is CCCCCCCCC/C=C\CCCCCCC(O)C(=O)NC(CS(=O)(=O)O)C(O)CCCCCCCC. The van der Waals surface area contributed by atoms with Crippen molar-refractivity contribution in [2.45, 2.75) is 167 Å². The molecule has 7 nitrogen and oxygen atoms in total. The van der Waals surface area contributed by atoms with Crippen molar-refractivity contribution in [2.24, 2.45) is 0 Å². The Hall–Kier alpha value is -0.960. The lowest BCUT2D eigenvalue weighted by Gasteiger charge is -2.24. The zero-order valence-electron chi connectivity index (χ0n) is 24.4. The highest BCUT2D eigenvalue weighted by atomic mass is 32.2. The van der Waals surface area contributed by atoms with E-state index in [-0.39, 0.29) is 6.42 Å². The van der Waals surface area contributed by atoms with Gasteiger partial charge in [0.25, 0.3) is 10.1 Å². The number of carbonyl (C=O) groups is 1. The van der Waals surface area contributed by atoms with Crippen LogP contribution < -0.4 is 5.32 Å². The number of amides is 1. The summed E-state index contributed by atoms with van der Waals surface area (Å²) in [6, 6.07) is -1.14. The quantitative estimate of drug-likeness (QED) is 0.0493. The zero-order chi connectivity index (χ0) is 28.5. The van der Waals surface area contributed by atoms with Crippen LogP contribution in [0.3, 0.4) is 0 Å². The number of nitrogens with one attached hydrogen (secondary N) is 1. The molecule has 0 aromatic heterocycles. The van der Waals surface area contributed by atoms with Gasteiger partial charge in [0.05, 0.1) is 17.9 Å². The summed E-state index contributed by atoms with van der Waals surface area (Å²) < 4.78 is 32.1. The van der Waals surface area contributed by atoms with E-state index in [1.54, 1.807) is 0 Å². The van der Waals surface area contributed by atoms with E-state index in [1.807, 2.05) is 0 Å². The summed E-state index contributed by atoms with van der Waals surface area (Å²) in [7, 11) is -4.39. The van der Waals surface area contributed by atoms with E-state index in [2.05, 4.69) is 31.3 Å². The molecule has 0 saturated carbocycles. The molecule has 3 unspecified atom stereocenters. The lowest BCUT2D eigenvalue weighted by molar-refractivity contribution is -0.131. The Balaban J connectivity index is 4.08. The first-order valence-corrected chi connectivity index (χ1v) is 17.1.